The quantitative estimate of drug-likeness (QED) is 0.157. The van der Waals surface area contributed by atoms with E-state index in [2.05, 4.69) is 25.3 Å². The van der Waals surface area contributed by atoms with E-state index in [-0.39, 0.29) is 23.3 Å². The Kier molecular flexibility index (Phi) is 8.56. The molecule has 0 bridgehead atoms. The van der Waals surface area contributed by atoms with Gasteiger partial charge in [-0.05, 0) is 30.2 Å². The van der Waals surface area contributed by atoms with E-state index in [0.29, 0.717) is 43.5 Å². The monoisotopic (exact) mass is 585 g/mol. The number of rotatable bonds is 9. The molecule has 2 saturated heterocycles. The first-order chi connectivity index (χ1) is 19.2. The largest absolute Gasteiger partial charge is 0.573 e. The fraction of sp³-hybridized carbons (Fsp3) is 0.400. The summed E-state index contributed by atoms with van der Waals surface area (Å²) < 4.78 is 81.2. The van der Waals surface area contributed by atoms with E-state index >= 15 is 4.39 Å². The predicted molar refractivity (Wildman–Crippen MR) is 139 cm³/mol. The zero-order valence-electron chi connectivity index (χ0n) is 21.6. The van der Waals surface area contributed by atoms with Crippen LogP contribution in [0.25, 0.3) is 11.1 Å². The summed E-state index contributed by atoms with van der Waals surface area (Å²) in [5.41, 5.74) is 3.56. The van der Waals surface area contributed by atoms with Crippen molar-refractivity contribution in [2.45, 2.75) is 24.9 Å². The summed E-state index contributed by atoms with van der Waals surface area (Å²) in [5, 5.41) is 5.79. The van der Waals surface area contributed by atoms with Crippen molar-refractivity contribution in [2.75, 3.05) is 50.8 Å². The number of nitrogens with one attached hydrogen (secondary N) is 1. The molecule has 1 aromatic heterocycles. The first-order valence-electron chi connectivity index (χ1n) is 12.3. The van der Waals surface area contributed by atoms with Crippen molar-refractivity contribution < 1.29 is 40.6 Å². The number of hydrazine groups is 1. The van der Waals surface area contributed by atoms with Crippen LogP contribution in [0.3, 0.4) is 0 Å². The smallest absolute Gasteiger partial charge is 0.495 e. The maximum atomic E-state index is 15.5. The number of piperidine rings is 1. The molecule has 2 atom stereocenters. The van der Waals surface area contributed by atoms with Gasteiger partial charge in [0.15, 0.2) is 5.82 Å². The van der Waals surface area contributed by atoms with Crippen molar-refractivity contribution in [3.05, 3.63) is 54.5 Å². The zero-order valence-corrected chi connectivity index (χ0v) is 22.4. The third-order valence-corrected chi connectivity index (χ3v) is 7.26. The third kappa shape index (κ3) is 6.55. The van der Waals surface area contributed by atoms with Gasteiger partial charge in [0, 0.05) is 44.4 Å². The first kappa shape index (κ1) is 28.3. The molecule has 2 unspecified atom stereocenters. The van der Waals surface area contributed by atoms with Crippen LogP contribution in [0.4, 0.5) is 29.1 Å². The van der Waals surface area contributed by atoms with Gasteiger partial charge in [0.2, 0.25) is 0 Å². The van der Waals surface area contributed by atoms with Crippen LogP contribution in [0.15, 0.2) is 53.3 Å². The van der Waals surface area contributed by atoms with Gasteiger partial charge in [-0.2, -0.15) is 8.70 Å². The van der Waals surface area contributed by atoms with Crippen molar-refractivity contribution in [3.63, 3.8) is 0 Å². The average Bonchev–Trinajstić information content (AvgIpc) is 3.45. The van der Waals surface area contributed by atoms with Gasteiger partial charge in [0.05, 0.1) is 31.5 Å². The van der Waals surface area contributed by atoms with Crippen LogP contribution in [0.5, 0.6) is 11.5 Å². The molecule has 0 spiro atoms. The van der Waals surface area contributed by atoms with Crippen molar-refractivity contribution >= 4 is 23.7 Å². The molecule has 0 amide bonds. The number of ether oxygens (including phenoxy) is 3. The molecule has 216 valence electrons. The highest BCUT2D eigenvalue weighted by Gasteiger charge is 2.39. The fourth-order valence-corrected chi connectivity index (χ4v) is 5.34. The maximum Gasteiger partial charge on any atom is 0.573 e. The molecule has 2 aromatic carbocycles. The maximum absolute atomic E-state index is 15.5. The Bertz CT molecular complexity index is 1280. The lowest BCUT2D eigenvalue weighted by molar-refractivity contribution is -0.274. The highest BCUT2D eigenvalue weighted by Crippen LogP contribution is 2.40. The second kappa shape index (κ2) is 12.1. The average molecular weight is 586 g/mol. The van der Waals surface area contributed by atoms with Gasteiger partial charge < -0.3 is 23.6 Å². The Balaban J connectivity index is 1.29. The molecular weight excluding hydrogens is 558 g/mol. The van der Waals surface area contributed by atoms with E-state index in [1.807, 2.05) is 11.5 Å². The van der Waals surface area contributed by atoms with Crippen molar-refractivity contribution in [3.8, 4) is 22.6 Å². The van der Waals surface area contributed by atoms with Crippen molar-refractivity contribution in [1.29, 1.82) is 0 Å². The summed E-state index contributed by atoms with van der Waals surface area (Å²) in [6, 6.07) is 9.65. The number of methoxy groups -OCH3 is 1. The van der Waals surface area contributed by atoms with Gasteiger partial charge >= 0.3 is 6.36 Å². The molecular formula is C25H27F4N5O5S. The SMILES string of the molecule is COc1cc(-c2cccc(OC(F)(F)F)c2)c(F)cc1N1CCOC2CN(N(C)SONc3ccon3)CCC21. The number of halogens is 4. The van der Waals surface area contributed by atoms with Crippen molar-refractivity contribution in [2.24, 2.45) is 0 Å². The molecule has 2 fully saturated rings. The predicted octanol–water partition coefficient (Wildman–Crippen LogP) is 5.12. The summed E-state index contributed by atoms with van der Waals surface area (Å²) in [7, 11) is 3.34. The minimum absolute atomic E-state index is 0.0414. The summed E-state index contributed by atoms with van der Waals surface area (Å²) in [5.74, 6) is -0.173. The van der Waals surface area contributed by atoms with Crippen LogP contribution in [0.2, 0.25) is 0 Å². The molecule has 0 saturated carbocycles. The number of anilines is 2. The molecule has 2 aliphatic rings. The van der Waals surface area contributed by atoms with Gasteiger partial charge in [-0.15, -0.1) is 13.2 Å². The molecule has 0 radical (unpaired) electrons. The van der Waals surface area contributed by atoms with Crippen LogP contribution < -0.4 is 19.9 Å². The Morgan fingerprint density at radius 3 is 2.77 bits per heavy atom. The summed E-state index contributed by atoms with van der Waals surface area (Å²) in [6.45, 7) is 2.22. The van der Waals surface area contributed by atoms with E-state index in [4.69, 9.17) is 18.3 Å². The normalized spacial score (nSPS) is 19.9. The summed E-state index contributed by atoms with van der Waals surface area (Å²) in [4.78, 5) is 2.08. The lowest BCUT2D eigenvalue weighted by atomic mass is 9.97. The number of morpholine rings is 1. The number of nitrogens with zero attached hydrogens (tertiary/aromatic N) is 4. The van der Waals surface area contributed by atoms with Crippen LogP contribution >= 0.6 is 12.2 Å². The number of hydrogen-bond donors (Lipinski definition) is 1. The Labute approximate surface area is 231 Å². The third-order valence-electron chi connectivity index (χ3n) is 6.65. The highest BCUT2D eigenvalue weighted by atomic mass is 32.2. The van der Waals surface area contributed by atoms with Gasteiger partial charge in [0.1, 0.15) is 35.8 Å². The lowest BCUT2D eigenvalue weighted by Crippen LogP contribution is -2.61. The van der Waals surface area contributed by atoms with Crippen LogP contribution in [0.1, 0.15) is 6.42 Å². The van der Waals surface area contributed by atoms with Gasteiger partial charge in [-0.1, -0.05) is 17.3 Å². The molecule has 5 rings (SSSR count). The first-order valence-corrected chi connectivity index (χ1v) is 13.0. The molecule has 10 nitrogen and oxygen atoms in total. The van der Waals surface area contributed by atoms with Gasteiger partial charge in [-0.25, -0.2) is 14.9 Å². The molecule has 1 N–H and O–H groups in total. The van der Waals surface area contributed by atoms with Gasteiger partial charge in [-0.3, -0.25) is 0 Å². The second-order valence-electron chi connectivity index (χ2n) is 9.06. The van der Waals surface area contributed by atoms with Crippen molar-refractivity contribution in [1.82, 2.24) is 14.6 Å². The van der Waals surface area contributed by atoms with Gasteiger partial charge in [0.25, 0.3) is 0 Å². The van der Waals surface area contributed by atoms with Crippen LogP contribution in [-0.2, 0) is 9.02 Å². The molecule has 40 heavy (non-hydrogen) atoms. The molecule has 2 aliphatic heterocycles. The Morgan fingerprint density at radius 2 is 2.02 bits per heavy atom. The Morgan fingerprint density at radius 1 is 1.18 bits per heavy atom. The summed E-state index contributed by atoms with van der Waals surface area (Å²) >= 11 is 1.09. The van der Waals surface area contributed by atoms with E-state index in [1.54, 1.807) is 6.07 Å². The summed E-state index contributed by atoms with van der Waals surface area (Å²) in [6.07, 6.45) is -2.87. The second-order valence-corrected chi connectivity index (χ2v) is 9.90. The number of fused-ring (bicyclic) bond motifs is 1. The van der Waals surface area contributed by atoms with E-state index in [0.717, 1.165) is 30.8 Å². The number of benzene rings is 2. The molecule has 15 heteroatoms. The lowest BCUT2D eigenvalue weighted by Gasteiger charge is -2.49. The minimum Gasteiger partial charge on any atom is -0.495 e. The molecule has 3 aromatic rings. The number of aromatic nitrogens is 1. The minimum atomic E-state index is -4.85. The van der Waals surface area contributed by atoms with E-state index < -0.39 is 17.9 Å². The number of alkyl halides is 3. The topological polar surface area (TPSA) is 84.7 Å². The standard InChI is InChI=1S/C25H27F4N5O5S/c1-32(40-39-31-24-7-10-37-30-24)33-8-6-20-23(15-33)36-11-9-34(20)21-14-19(26)18(13-22(21)35-2)16-4-3-5-17(12-16)38-25(27,28)29/h3-5,7,10,12-14,20,23H,6,8-9,11,15H2,1-2H3,(H,30,31). The van der Waals surface area contributed by atoms with Crippen LogP contribution in [0, 0.1) is 5.82 Å². The molecule has 3 heterocycles. The highest BCUT2D eigenvalue weighted by molar-refractivity contribution is 7.92. The fourth-order valence-electron chi connectivity index (χ4n) is 4.87. The molecule has 0 aliphatic carbocycles. The van der Waals surface area contributed by atoms with Crippen LogP contribution in [-0.4, -0.2) is 73.5 Å². The number of hydrogen-bond acceptors (Lipinski definition) is 11. The van der Waals surface area contributed by atoms with E-state index in [9.17, 15) is 13.2 Å². The zero-order chi connectivity index (χ0) is 28.3. The van der Waals surface area contributed by atoms with E-state index in [1.165, 1.54) is 37.6 Å². The Hall–Kier alpha value is -3.24.